The number of carbonyl (C=O) groups is 1. The Labute approximate surface area is 111 Å². The Hall–Kier alpha value is -1.15. The molecule has 0 bridgehead atoms. The maximum atomic E-state index is 11.7. The molecule has 0 aromatic rings. The zero-order valence-corrected chi connectivity index (χ0v) is 11.8. The summed E-state index contributed by atoms with van der Waals surface area (Å²) in [6.07, 6.45) is 12.1. The van der Waals surface area contributed by atoms with Gasteiger partial charge < -0.3 is 4.74 Å². The van der Waals surface area contributed by atoms with Crippen LogP contribution >= 0.6 is 0 Å². The van der Waals surface area contributed by atoms with Crippen molar-refractivity contribution in [1.29, 1.82) is 0 Å². The maximum absolute atomic E-state index is 11.7. The van der Waals surface area contributed by atoms with Crippen LogP contribution in [0.1, 0.15) is 38.5 Å². The third-order valence-corrected chi connectivity index (χ3v) is 2.98. The van der Waals surface area contributed by atoms with Gasteiger partial charge in [0.25, 0.3) is 0 Å². The molecule has 102 valence electrons. The summed E-state index contributed by atoms with van der Waals surface area (Å²) in [5, 5.41) is 0. The lowest BCUT2D eigenvalue weighted by Crippen LogP contribution is -2.16. The summed E-state index contributed by atoms with van der Waals surface area (Å²) in [5.41, 5.74) is 1.33. The molecule has 1 unspecified atom stereocenters. The maximum Gasteiger partial charge on any atom is 0.162 e. The summed E-state index contributed by atoms with van der Waals surface area (Å²) in [4.78, 5) is 11.7. The zero-order chi connectivity index (χ0) is 13.8. The van der Waals surface area contributed by atoms with Gasteiger partial charge in [-0.2, -0.15) is 0 Å². The van der Waals surface area contributed by atoms with E-state index in [2.05, 4.69) is 24.0 Å². The molecule has 2 heteroatoms. The Morgan fingerprint density at radius 3 is 2.56 bits per heavy atom. The summed E-state index contributed by atoms with van der Waals surface area (Å²) >= 11 is 0. The SMILES string of the molecule is C=CCCC(C(=O)C=C)C1=CCCCC1.COC. The van der Waals surface area contributed by atoms with E-state index in [0.717, 1.165) is 25.7 Å². The Balaban J connectivity index is 0.000000873. The number of ketones is 1. The van der Waals surface area contributed by atoms with Crippen molar-refractivity contribution in [3.63, 3.8) is 0 Å². The first kappa shape index (κ1) is 16.9. The molecule has 0 saturated carbocycles. The minimum absolute atomic E-state index is 0.0702. The van der Waals surface area contributed by atoms with Gasteiger partial charge in [-0.1, -0.05) is 24.3 Å². The molecule has 0 fully saturated rings. The fourth-order valence-corrected chi connectivity index (χ4v) is 2.12. The lowest BCUT2D eigenvalue weighted by Gasteiger charge is -2.20. The van der Waals surface area contributed by atoms with Crippen molar-refractivity contribution >= 4 is 5.78 Å². The average Bonchev–Trinajstić information content (AvgIpc) is 2.41. The van der Waals surface area contributed by atoms with Gasteiger partial charge in [-0.05, 0) is 44.6 Å². The normalized spacial score (nSPS) is 15.8. The van der Waals surface area contributed by atoms with Crippen LogP contribution in [0.2, 0.25) is 0 Å². The van der Waals surface area contributed by atoms with Crippen molar-refractivity contribution in [2.45, 2.75) is 38.5 Å². The largest absolute Gasteiger partial charge is 0.388 e. The second-order valence-electron chi connectivity index (χ2n) is 4.46. The summed E-state index contributed by atoms with van der Waals surface area (Å²) in [5.74, 6) is 0.241. The highest BCUT2D eigenvalue weighted by Crippen LogP contribution is 2.28. The molecule has 2 nitrogen and oxygen atoms in total. The molecule has 18 heavy (non-hydrogen) atoms. The molecule has 0 radical (unpaired) electrons. The molecule has 1 rings (SSSR count). The van der Waals surface area contributed by atoms with E-state index >= 15 is 0 Å². The van der Waals surface area contributed by atoms with Crippen LogP contribution in [-0.4, -0.2) is 20.0 Å². The molecule has 0 aromatic heterocycles. The van der Waals surface area contributed by atoms with Crippen molar-refractivity contribution in [3.05, 3.63) is 37.0 Å². The smallest absolute Gasteiger partial charge is 0.162 e. The second-order valence-corrected chi connectivity index (χ2v) is 4.46. The van der Waals surface area contributed by atoms with Crippen LogP contribution in [0, 0.1) is 5.92 Å². The van der Waals surface area contributed by atoms with Gasteiger partial charge in [-0.15, -0.1) is 6.58 Å². The van der Waals surface area contributed by atoms with Crippen LogP contribution in [0.4, 0.5) is 0 Å². The Morgan fingerprint density at radius 1 is 1.44 bits per heavy atom. The highest BCUT2D eigenvalue weighted by atomic mass is 16.4. The van der Waals surface area contributed by atoms with Gasteiger partial charge in [0.15, 0.2) is 5.78 Å². The summed E-state index contributed by atoms with van der Waals surface area (Å²) in [6.45, 7) is 7.29. The Kier molecular flexibility index (Phi) is 10.3. The van der Waals surface area contributed by atoms with Crippen LogP contribution in [-0.2, 0) is 9.53 Å². The highest BCUT2D eigenvalue weighted by molar-refractivity contribution is 5.93. The molecule has 0 N–H and O–H groups in total. The quantitative estimate of drug-likeness (QED) is 0.524. The number of allylic oxidation sites excluding steroid dienone is 4. The van der Waals surface area contributed by atoms with Crippen LogP contribution in [0.3, 0.4) is 0 Å². The van der Waals surface area contributed by atoms with E-state index in [-0.39, 0.29) is 11.7 Å². The number of carbonyl (C=O) groups excluding carboxylic acids is 1. The van der Waals surface area contributed by atoms with E-state index in [0.29, 0.717) is 0 Å². The van der Waals surface area contributed by atoms with Crippen molar-refractivity contribution in [2.75, 3.05) is 14.2 Å². The van der Waals surface area contributed by atoms with E-state index < -0.39 is 0 Å². The van der Waals surface area contributed by atoms with Gasteiger partial charge in [0.2, 0.25) is 0 Å². The first-order valence-electron chi connectivity index (χ1n) is 6.57. The van der Waals surface area contributed by atoms with Gasteiger partial charge in [0, 0.05) is 20.1 Å². The molecule has 1 aliphatic rings. The predicted molar refractivity (Wildman–Crippen MR) is 77.6 cm³/mol. The number of ether oxygens (including phenoxy) is 1. The van der Waals surface area contributed by atoms with Gasteiger partial charge in [0.05, 0.1) is 0 Å². The molecule has 0 spiro atoms. The van der Waals surface area contributed by atoms with Crippen LogP contribution in [0.5, 0.6) is 0 Å². The molecular formula is C16H26O2. The molecular weight excluding hydrogens is 224 g/mol. The van der Waals surface area contributed by atoms with Gasteiger partial charge in [-0.25, -0.2) is 0 Å². The third-order valence-electron chi connectivity index (χ3n) is 2.98. The van der Waals surface area contributed by atoms with Gasteiger partial charge in [-0.3, -0.25) is 4.79 Å². The van der Waals surface area contributed by atoms with E-state index in [1.807, 2.05) is 6.08 Å². The van der Waals surface area contributed by atoms with E-state index in [4.69, 9.17) is 0 Å². The van der Waals surface area contributed by atoms with Gasteiger partial charge in [0.1, 0.15) is 0 Å². The Bertz CT molecular complexity index is 289. The standard InChI is InChI=1S/C14H20O.C2H6O/c1-3-5-11-13(14(15)4-2)12-9-7-6-8-10-12;1-3-2/h3-4,9,13H,1-2,5-8,10-11H2;1-2H3. The molecule has 1 aliphatic carbocycles. The summed E-state index contributed by atoms with van der Waals surface area (Å²) in [7, 11) is 3.25. The molecule has 1 atom stereocenters. The van der Waals surface area contributed by atoms with Crippen molar-refractivity contribution in [2.24, 2.45) is 5.92 Å². The van der Waals surface area contributed by atoms with E-state index in [1.54, 1.807) is 14.2 Å². The topological polar surface area (TPSA) is 26.3 Å². The van der Waals surface area contributed by atoms with Crippen molar-refractivity contribution in [3.8, 4) is 0 Å². The molecule has 0 saturated heterocycles. The van der Waals surface area contributed by atoms with E-state index in [9.17, 15) is 4.79 Å². The number of hydrogen-bond donors (Lipinski definition) is 0. The first-order valence-corrected chi connectivity index (χ1v) is 6.57. The molecule has 0 heterocycles. The fraction of sp³-hybridized carbons (Fsp3) is 0.562. The van der Waals surface area contributed by atoms with Crippen molar-refractivity contribution < 1.29 is 9.53 Å². The third kappa shape index (κ3) is 6.55. The van der Waals surface area contributed by atoms with Crippen LogP contribution in [0.15, 0.2) is 37.0 Å². The second kappa shape index (κ2) is 11.0. The number of hydrogen-bond acceptors (Lipinski definition) is 2. The van der Waals surface area contributed by atoms with Gasteiger partial charge >= 0.3 is 0 Å². The molecule has 0 aliphatic heterocycles. The zero-order valence-electron chi connectivity index (χ0n) is 11.8. The fourth-order valence-electron chi connectivity index (χ4n) is 2.12. The highest BCUT2D eigenvalue weighted by Gasteiger charge is 2.20. The monoisotopic (exact) mass is 250 g/mol. The lowest BCUT2D eigenvalue weighted by atomic mass is 9.84. The molecule has 0 aromatic carbocycles. The predicted octanol–water partition coefficient (Wildman–Crippen LogP) is 4.09. The summed E-state index contributed by atoms with van der Waals surface area (Å²) in [6, 6.07) is 0. The number of methoxy groups -OCH3 is 1. The minimum atomic E-state index is 0.0702. The number of rotatable bonds is 6. The van der Waals surface area contributed by atoms with Crippen molar-refractivity contribution in [1.82, 2.24) is 0 Å². The molecule has 0 amide bonds. The average molecular weight is 250 g/mol. The Morgan fingerprint density at radius 2 is 2.11 bits per heavy atom. The lowest BCUT2D eigenvalue weighted by molar-refractivity contribution is -0.117. The van der Waals surface area contributed by atoms with Crippen LogP contribution in [0.25, 0.3) is 0 Å². The summed E-state index contributed by atoms with van der Waals surface area (Å²) < 4.78 is 4.25. The van der Waals surface area contributed by atoms with E-state index in [1.165, 1.54) is 24.5 Å². The minimum Gasteiger partial charge on any atom is -0.388 e. The van der Waals surface area contributed by atoms with Crippen LogP contribution < -0.4 is 0 Å². The first-order chi connectivity index (χ1) is 8.71.